The second-order valence-corrected chi connectivity index (χ2v) is 9.26. The van der Waals surface area contributed by atoms with Gasteiger partial charge in [-0.05, 0) is 81.7 Å². The molecule has 0 radical (unpaired) electrons. The molecule has 2 fully saturated rings. The van der Waals surface area contributed by atoms with Gasteiger partial charge in [-0.25, -0.2) is 0 Å². The molecule has 0 spiro atoms. The molecule has 2 aliphatic rings. The van der Waals surface area contributed by atoms with Gasteiger partial charge in [0, 0.05) is 43.5 Å². The summed E-state index contributed by atoms with van der Waals surface area (Å²) >= 11 is 0. The number of likely N-dealkylation sites (tertiary alicyclic amines) is 1. The van der Waals surface area contributed by atoms with E-state index in [0.717, 1.165) is 48.3 Å². The highest BCUT2D eigenvalue weighted by Crippen LogP contribution is 2.33. The van der Waals surface area contributed by atoms with Crippen LogP contribution in [0.5, 0.6) is 0 Å². The number of anilines is 2. The SMILES string of the molecule is CC#N.Cc1cc(Nc2nn(CC3CC3)c3cc[nH]c(=O)c23)ccc1C(=O)N1CCCC[C@@H]1C. The normalized spacial score (nSPS) is 17.6. The molecule has 5 rings (SSSR count). The fourth-order valence-corrected chi connectivity index (χ4v) is 4.58. The molecule has 34 heavy (non-hydrogen) atoms. The molecule has 1 aliphatic carbocycles. The van der Waals surface area contributed by atoms with Gasteiger partial charge in [0.1, 0.15) is 5.39 Å². The van der Waals surface area contributed by atoms with Gasteiger partial charge in [0.25, 0.3) is 11.5 Å². The lowest BCUT2D eigenvalue weighted by atomic mass is 10.0. The van der Waals surface area contributed by atoms with Crippen molar-refractivity contribution in [1.29, 1.82) is 5.26 Å². The highest BCUT2D eigenvalue weighted by molar-refractivity contribution is 5.97. The first-order valence-electron chi connectivity index (χ1n) is 12.0. The molecule has 8 nitrogen and oxygen atoms in total. The quantitative estimate of drug-likeness (QED) is 0.572. The average Bonchev–Trinajstić information content (AvgIpc) is 3.56. The smallest absolute Gasteiger partial charge is 0.261 e. The Morgan fingerprint density at radius 1 is 1.26 bits per heavy atom. The predicted octanol–water partition coefficient (Wildman–Crippen LogP) is 4.73. The molecule has 1 saturated carbocycles. The van der Waals surface area contributed by atoms with E-state index in [2.05, 4.69) is 17.2 Å². The van der Waals surface area contributed by atoms with Crippen LogP contribution in [0.2, 0.25) is 0 Å². The van der Waals surface area contributed by atoms with E-state index in [1.807, 2.05) is 40.8 Å². The van der Waals surface area contributed by atoms with Crippen molar-refractivity contribution in [3.05, 3.63) is 51.9 Å². The predicted molar refractivity (Wildman–Crippen MR) is 133 cm³/mol. The number of nitrogens with zero attached hydrogens (tertiary/aromatic N) is 4. The summed E-state index contributed by atoms with van der Waals surface area (Å²) in [5.74, 6) is 1.31. The standard InChI is InChI=1S/C24H29N5O2.C2H3N/c1-15-13-18(8-9-19(15)24(31)28-12-4-3-5-16(28)2)26-22-21-20(10-11-25-23(21)30)29(27-22)14-17-6-7-17;1-2-3/h8-11,13,16-17H,3-7,12,14H2,1-2H3,(H,25,30)(H,26,27);1H3/t16-;/m0./s1. The van der Waals surface area contributed by atoms with Gasteiger partial charge in [0.2, 0.25) is 0 Å². The van der Waals surface area contributed by atoms with Crippen molar-refractivity contribution in [3.8, 4) is 6.07 Å². The van der Waals surface area contributed by atoms with Crippen LogP contribution in [0.1, 0.15) is 61.9 Å². The summed E-state index contributed by atoms with van der Waals surface area (Å²) in [6.07, 6.45) is 7.43. The summed E-state index contributed by atoms with van der Waals surface area (Å²) in [6.45, 7) is 7.18. The number of piperidine rings is 1. The van der Waals surface area contributed by atoms with Crippen LogP contribution in [0.25, 0.3) is 10.9 Å². The number of fused-ring (bicyclic) bond motifs is 1. The molecule has 3 heterocycles. The van der Waals surface area contributed by atoms with Gasteiger partial charge in [-0.1, -0.05) is 0 Å². The minimum Gasteiger partial charge on any atom is -0.338 e. The summed E-state index contributed by atoms with van der Waals surface area (Å²) in [4.78, 5) is 30.3. The van der Waals surface area contributed by atoms with Gasteiger partial charge in [-0.15, -0.1) is 0 Å². The van der Waals surface area contributed by atoms with Crippen molar-refractivity contribution >= 4 is 28.3 Å². The molecule has 8 heteroatoms. The lowest BCUT2D eigenvalue weighted by Gasteiger charge is -2.33. The lowest BCUT2D eigenvalue weighted by Crippen LogP contribution is -2.42. The van der Waals surface area contributed by atoms with Crippen LogP contribution in [0.4, 0.5) is 11.5 Å². The van der Waals surface area contributed by atoms with Gasteiger partial charge in [0.15, 0.2) is 5.82 Å². The average molecular weight is 461 g/mol. The van der Waals surface area contributed by atoms with Crippen LogP contribution in [0.3, 0.4) is 0 Å². The molecule has 0 bridgehead atoms. The Balaban J connectivity index is 0.000000868. The third-order valence-corrected chi connectivity index (χ3v) is 6.59. The topological polar surface area (TPSA) is 107 Å². The van der Waals surface area contributed by atoms with Crippen LogP contribution in [-0.4, -0.2) is 38.2 Å². The van der Waals surface area contributed by atoms with Gasteiger partial charge in [-0.3, -0.25) is 14.3 Å². The van der Waals surface area contributed by atoms with Crippen LogP contribution < -0.4 is 10.9 Å². The van der Waals surface area contributed by atoms with Crippen molar-refractivity contribution in [1.82, 2.24) is 19.7 Å². The van der Waals surface area contributed by atoms with Crippen molar-refractivity contribution in [3.63, 3.8) is 0 Å². The van der Waals surface area contributed by atoms with E-state index in [0.29, 0.717) is 17.1 Å². The van der Waals surface area contributed by atoms with E-state index in [1.54, 1.807) is 12.3 Å². The highest BCUT2D eigenvalue weighted by Gasteiger charge is 2.26. The number of nitrogens with one attached hydrogen (secondary N) is 2. The Labute approximate surface area is 199 Å². The summed E-state index contributed by atoms with van der Waals surface area (Å²) < 4.78 is 1.94. The summed E-state index contributed by atoms with van der Waals surface area (Å²) in [5.41, 5.74) is 3.18. The number of H-pyrrole nitrogens is 1. The van der Waals surface area contributed by atoms with E-state index in [9.17, 15) is 9.59 Å². The van der Waals surface area contributed by atoms with Crippen molar-refractivity contribution < 1.29 is 4.79 Å². The number of hydrogen-bond acceptors (Lipinski definition) is 5. The third kappa shape index (κ3) is 4.98. The van der Waals surface area contributed by atoms with Gasteiger partial charge in [-0.2, -0.15) is 10.4 Å². The monoisotopic (exact) mass is 460 g/mol. The summed E-state index contributed by atoms with van der Waals surface area (Å²) in [5, 5.41) is 15.9. The zero-order valence-corrected chi connectivity index (χ0v) is 20.1. The number of pyridine rings is 1. The molecule has 1 amide bonds. The molecular weight excluding hydrogens is 428 g/mol. The fourth-order valence-electron chi connectivity index (χ4n) is 4.58. The Hall–Kier alpha value is -3.60. The minimum atomic E-state index is -0.148. The molecule has 0 unspecified atom stereocenters. The second-order valence-electron chi connectivity index (χ2n) is 9.26. The molecule has 2 N–H and O–H groups in total. The first-order valence-corrected chi connectivity index (χ1v) is 12.0. The molecule has 1 atom stereocenters. The second kappa shape index (κ2) is 10.1. The van der Waals surface area contributed by atoms with Crippen LogP contribution in [0, 0.1) is 24.2 Å². The van der Waals surface area contributed by atoms with Crippen molar-refractivity contribution in [2.75, 3.05) is 11.9 Å². The highest BCUT2D eigenvalue weighted by atomic mass is 16.2. The van der Waals surface area contributed by atoms with Crippen LogP contribution >= 0.6 is 0 Å². The zero-order chi connectivity index (χ0) is 24.2. The van der Waals surface area contributed by atoms with E-state index in [4.69, 9.17) is 10.4 Å². The number of benzene rings is 1. The van der Waals surface area contributed by atoms with E-state index < -0.39 is 0 Å². The maximum Gasteiger partial charge on any atom is 0.261 e. The van der Waals surface area contributed by atoms with E-state index in [-0.39, 0.29) is 17.5 Å². The van der Waals surface area contributed by atoms with Crippen LogP contribution in [-0.2, 0) is 6.54 Å². The number of rotatable bonds is 5. The first kappa shape index (κ1) is 23.6. The molecule has 1 aliphatic heterocycles. The van der Waals surface area contributed by atoms with Gasteiger partial charge in [0.05, 0.1) is 11.6 Å². The maximum atomic E-state index is 13.1. The largest absolute Gasteiger partial charge is 0.338 e. The fraction of sp³-hybridized carbons (Fsp3) is 0.462. The zero-order valence-electron chi connectivity index (χ0n) is 20.1. The number of carbonyl (C=O) groups is 1. The van der Waals surface area contributed by atoms with E-state index in [1.165, 1.54) is 26.2 Å². The first-order chi connectivity index (χ1) is 16.4. The molecular formula is C26H32N6O2. The molecule has 178 valence electrons. The molecule has 2 aromatic heterocycles. The Bertz CT molecular complexity index is 1280. The number of aryl methyl sites for hydroxylation is 1. The summed E-state index contributed by atoms with van der Waals surface area (Å²) in [6, 6.07) is 9.69. The maximum absolute atomic E-state index is 13.1. The van der Waals surface area contributed by atoms with Gasteiger partial charge >= 0.3 is 0 Å². The minimum absolute atomic E-state index is 0.104. The lowest BCUT2D eigenvalue weighted by molar-refractivity contribution is 0.0635. The number of aromatic nitrogens is 3. The molecule has 1 aromatic carbocycles. The molecule has 3 aromatic rings. The number of nitriles is 1. The number of amides is 1. The van der Waals surface area contributed by atoms with E-state index >= 15 is 0 Å². The number of carbonyl (C=O) groups excluding carboxylic acids is 1. The third-order valence-electron chi connectivity index (χ3n) is 6.59. The summed E-state index contributed by atoms with van der Waals surface area (Å²) in [7, 11) is 0. The number of hydrogen-bond donors (Lipinski definition) is 2. The van der Waals surface area contributed by atoms with Crippen LogP contribution in [0.15, 0.2) is 35.3 Å². The Morgan fingerprint density at radius 3 is 2.71 bits per heavy atom. The number of aromatic amines is 1. The van der Waals surface area contributed by atoms with Gasteiger partial charge < -0.3 is 15.2 Å². The van der Waals surface area contributed by atoms with Crippen molar-refractivity contribution in [2.45, 2.75) is 65.5 Å². The Morgan fingerprint density at radius 2 is 2.03 bits per heavy atom. The molecule has 1 saturated heterocycles. The Kier molecular flexibility index (Phi) is 7.01. The van der Waals surface area contributed by atoms with Crippen molar-refractivity contribution in [2.24, 2.45) is 5.92 Å².